The molecule has 0 aliphatic heterocycles. The Balaban J connectivity index is 0.000000298. The van der Waals surface area contributed by atoms with Crippen molar-refractivity contribution < 1.29 is 27.9 Å². The lowest BCUT2D eigenvalue weighted by atomic mass is 10.2. The molecule has 0 bridgehead atoms. The molecule has 0 aliphatic carbocycles. The number of anilines is 1. The van der Waals surface area contributed by atoms with Gasteiger partial charge in [0.05, 0.1) is 11.8 Å². The van der Waals surface area contributed by atoms with Gasteiger partial charge in [-0.1, -0.05) is 12.1 Å². The summed E-state index contributed by atoms with van der Waals surface area (Å²) in [6, 6.07) is 7.78. The van der Waals surface area contributed by atoms with E-state index in [1.54, 1.807) is 28.0 Å². The maximum Gasteiger partial charge on any atom is 0.490 e. The highest BCUT2D eigenvalue weighted by Crippen LogP contribution is 2.21. The summed E-state index contributed by atoms with van der Waals surface area (Å²) in [5.74, 6) is -2.29. The number of imidazole rings is 1. The molecule has 2 heterocycles. The van der Waals surface area contributed by atoms with Gasteiger partial charge in [0.25, 0.3) is 0 Å². The van der Waals surface area contributed by atoms with Gasteiger partial charge in [-0.25, -0.2) is 9.78 Å². The van der Waals surface area contributed by atoms with Gasteiger partial charge < -0.3 is 15.0 Å². The number of carboxylic acids is 1. The number of carbonyl (C=O) groups is 2. The topological polar surface area (TPSA) is 102 Å². The van der Waals surface area contributed by atoms with Gasteiger partial charge >= 0.3 is 12.1 Å². The Hall–Kier alpha value is -3.37. The van der Waals surface area contributed by atoms with E-state index in [1.807, 2.05) is 31.3 Å². The van der Waals surface area contributed by atoms with Gasteiger partial charge in [0.15, 0.2) is 5.82 Å². The highest BCUT2D eigenvalue weighted by Gasteiger charge is 2.38. The van der Waals surface area contributed by atoms with Crippen LogP contribution in [0, 0.1) is 0 Å². The van der Waals surface area contributed by atoms with Gasteiger partial charge in [-0.3, -0.25) is 9.48 Å². The summed E-state index contributed by atoms with van der Waals surface area (Å²) in [5, 5.41) is 15.2. The second-order valence-corrected chi connectivity index (χ2v) is 5.08. The van der Waals surface area contributed by atoms with E-state index in [0.29, 0.717) is 5.82 Å². The van der Waals surface area contributed by atoms with E-state index >= 15 is 0 Å². The lowest BCUT2D eigenvalue weighted by Crippen LogP contribution is -2.21. The smallest absolute Gasteiger partial charge is 0.475 e. The summed E-state index contributed by atoms with van der Waals surface area (Å²) in [5.41, 5.74) is 0.987. The number of hydrogen-bond acceptors (Lipinski definition) is 4. The van der Waals surface area contributed by atoms with Crippen LogP contribution in [-0.2, 0) is 23.2 Å². The van der Waals surface area contributed by atoms with Crippen molar-refractivity contribution in [3.05, 3.63) is 43.0 Å². The molecule has 11 heteroatoms. The number of rotatable bonds is 3. The van der Waals surface area contributed by atoms with Crippen LogP contribution in [0.15, 0.2) is 43.0 Å². The summed E-state index contributed by atoms with van der Waals surface area (Å²) in [7, 11) is 1.86. The zero-order chi connectivity index (χ0) is 19.3. The molecule has 0 unspecified atom stereocenters. The number of aromatic nitrogens is 4. The number of aliphatic carboxylic acids is 1. The first-order chi connectivity index (χ1) is 12.2. The van der Waals surface area contributed by atoms with Gasteiger partial charge in [-0.2, -0.15) is 18.3 Å². The predicted molar refractivity (Wildman–Crippen MR) is 85.3 cm³/mol. The molecule has 3 rings (SSSR count). The average molecular weight is 369 g/mol. The van der Waals surface area contributed by atoms with Crippen LogP contribution in [0.25, 0.3) is 10.9 Å². The number of halogens is 3. The summed E-state index contributed by atoms with van der Waals surface area (Å²) >= 11 is 0. The number of alkyl halides is 3. The van der Waals surface area contributed by atoms with E-state index < -0.39 is 12.1 Å². The molecule has 8 nitrogen and oxygen atoms in total. The fraction of sp³-hybridized carbons (Fsp3) is 0.200. The van der Waals surface area contributed by atoms with Crippen LogP contribution in [0.2, 0.25) is 0 Å². The Kier molecular flexibility index (Phi) is 5.60. The van der Waals surface area contributed by atoms with Gasteiger partial charge in [-0.15, -0.1) is 0 Å². The van der Waals surface area contributed by atoms with Crippen LogP contribution in [0.3, 0.4) is 0 Å². The number of carbonyl (C=O) groups excluding carboxylic acids is 1. The van der Waals surface area contributed by atoms with Crippen LogP contribution >= 0.6 is 0 Å². The Morgan fingerprint density at radius 1 is 1.27 bits per heavy atom. The fourth-order valence-electron chi connectivity index (χ4n) is 2.02. The average Bonchev–Trinajstić information content (AvgIpc) is 3.16. The number of nitrogens with zero attached hydrogens (tertiary/aromatic N) is 4. The fourth-order valence-corrected chi connectivity index (χ4v) is 2.02. The molecule has 1 amide bonds. The first-order valence-electron chi connectivity index (χ1n) is 7.16. The Labute approximate surface area is 144 Å². The lowest BCUT2D eigenvalue weighted by molar-refractivity contribution is -0.192. The number of nitrogens with one attached hydrogen (secondary N) is 1. The molecule has 0 radical (unpaired) electrons. The van der Waals surface area contributed by atoms with Crippen molar-refractivity contribution in [3.63, 3.8) is 0 Å². The van der Waals surface area contributed by atoms with E-state index in [1.165, 1.54) is 0 Å². The first kappa shape index (κ1) is 19.0. The number of benzene rings is 1. The minimum atomic E-state index is -5.08. The third-order valence-corrected chi connectivity index (χ3v) is 3.14. The quantitative estimate of drug-likeness (QED) is 0.736. The first-order valence-corrected chi connectivity index (χ1v) is 7.16. The minimum Gasteiger partial charge on any atom is -0.475 e. The van der Waals surface area contributed by atoms with Gasteiger partial charge in [0.1, 0.15) is 6.54 Å². The molecule has 26 heavy (non-hydrogen) atoms. The van der Waals surface area contributed by atoms with Crippen molar-refractivity contribution in [1.82, 2.24) is 19.3 Å². The van der Waals surface area contributed by atoms with E-state index in [0.717, 1.165) is 10.9 Å². The second-order valence-electron chi connectivity index (χ2n) is 5.08. The van der Waals surface area contributed by atoms with E-state index in [2.05, 4.69) is 15.4 Å². The molecule has 138 valence electrons. The standard InChI is InChI=1S/C13H13N5O.C2HF3O2/c1-17-11-5-3-2-4-10(11)13(16-17)15-12(19)8-18-7-6-14-9-18;3-2(4,5)1(6)7/h2-7,9H,8H2,1H3,(H,15,16,19);(H,6,7). The van der Waals surface area contributed by atoms with Crippen molar-refractivity contribution in [1.29, 1.82) is 0 Å². The van der Waals surface area contributed by atoms with Crippen LogP contribution < -0.4 is 5.32 Å². The highest BCUT2D eigenvalue weighted by molar-refractivity contribution is 5.99. The van der Waals surface area contributed by atoms with Gasteiger partial charge in [0, 0.05) is 24.8 Å². The van der Waals surface area contributed by atoms with Crippen molar-refractivity contribution >= 4 is 28.6 Å². The Morgan fingerprint density at radius 3 is 2.50 bits per heavy atom. The van der Waals surface area contributed by atoms with Gasteiger partial charge in [0.2, 0.25) is 5.91 Å². The molecule has 0 saturated heterocycles. The number of para-hydroxylation sites is 1. The van der Waals surface area contributed by atoms with Crippen LogP contribution in [0.1, 0.15) is 0 Å². The number of amides is 1. The maximum absolute atomic E-state index is 11.9. The predicted octanol–water partition coefficient (Wildman–Crippen LogP) is 2.04. The summed E-state index contributed by atoms with van der Waals surface area (Å²) in [6.45, 7) is 0.227. The highest BCUT2D eigenvalue weighted by atomic mass is 19.4. The molecule has 2 N–H and O–H groups in total. The monoisotopic (exact) mass is 369 g/mol. The zero-order valence-corrected chi connectivity index (χ0v) is 13.4. The Bertz CT molecular complexity index is 903. The molecule has 0 spiro atoms. The van der Waals surface area contributed by atoms with Crippen LogP contribution in [0.5, 0.6) is 0 Å². The molecule has 3 aromatic rings. The van der Waals surface area contributed by atoms with Crippen molar-refractivity contribution in [2.45, 2.75) is 12.7 Å². The molecular weight excluding hydrogens is 355 g/mol. The third-order valence-electron chi connectivity index (χ3n) is 3.14. The van der Waals surface area contributed by atoms with Gasteiger partial charge in [-0.05, 0) is 12.1 Å². The third kappa shape index (κ3) is 4.82. The number of fused-ring (bicyclic) bond motifs is 1. The second kappa shape index (κ2) is 7.68. The zero-order valence-electron chi connectivity index (χ0n) is 13.4. The Morgan fingerprint density at radius 2 is 1.92 bits per heavy atom. The lowest BCUT2D eigenvalue weighted by Gasteiger charge is -2.03. The van der Waals surface area contributed by atoms with Crippen molar-refractivity contribution in [2.75, 3.05) is 5.32 Å². The summed E-state index contributed by atoms with van der Waals surface area (Å²) < 4.78 is 35.2. The molecule has 2 aromatic heterocycles. The van der Waals surface area contributed by atoms with Crippen LogP contribution in [-0.4, -0.2) is 42.5 Å². The largest absolute Gasteiger partial charge is 0.490 e. The van der Waals surface area contributed by atoms with E-state index in [-0.39, 0.29) is 12.5 Å². The molecule has 0 atom stereocenters. The molecule has 0 aliphatic rings. The number of hydrogen-bond donors (Lipinski definition) is 2. The molecule has 1 aromatic carbocycles. The van der Waals surface area contributed by atoms with Crippen LogP contribution in [0.4, 0.5) is 19.0 Å². The number of carboxylic acid groups (broad SMARTS) is 1. The normalized spacial score (nSPS) is 10.9. The SMILES string of the molecule is Cn1nc(NC(=O)Cn2ccnc2)c2ccccc21.O=C(O)C(F)(F)F. The van der Waals surface area contributed by atoms with Crippen molar-refractivity contribution in [2.24, 2.45) is 7.05 Å². The van der Waals surface area contributed by atoms with E-state index in [9.17, 15) is 18.0 Å². The van der Waals surface area contributed by atoms with E-state index in [4.69, 9.17) is 9.90 Å². The minimum absolute atomic E-state index is 0.123. The molecule has 0 saturated carbocycles. The number of aryl methyl sites for hydroxylation is 1. The molecule has 0 fully saturated rings. The summed E-state index contributed by atoms with van der Waals surface area (Å²) in [4.78, 5) is 24.7. The molecular formula is C15H14F3N5O3. The van der Waals surface area contributed by atoms with Crippen molar-refractivity contribution in [3.8, 4) is 0 Å². The maximum atomic E-state index is 11.9. The summed E-state index contributed by atoms with van der Waals surface area (Å²) in [6.07, 6.45) is -0.0876.